The van der Waals surface area contributed by atoms with Crippen molar-refractivity contribution in [3.05, 3.63) is 70.3 Å². The van der Waals surface area contributed by atoms with E-state index in [0.29, 0.717) is 22.8 Å². The Morgan fingerprint density at radius 3 is 2.80 bits per heavy atom. The molecule has 1 saturated heterocycles. The Morgan fingerprint density at radius 1 is 1.20 bits per heavy atom. The van der Waals surface area contributed by atoms with Crippen LogP contribution >= 0.6 is 0 Å². The zero-order valence-electron chi connectivity index (χ0n) is 16.7. The Kier molecular flexibility index (Phi) is 5.22. The molecule has 2 aromatic heterocycles. The first-order valence-corrected chi connectivity index (χ1v) is 9.56. The summed E-state index contributed by atoms with van der Waals surface area (Å²) in [7, 11) is 1.53. The second kappa shape index (κ2) is 7.98. The van der Waals surface area contributed by atoms with E-state index in [1.807, 2.05) is 25.1 Å². The summed E-state index contributed by atoms with van der Waals surface area (Å²) in [6.45, 7) is 1.94. The van der Waals surface area contributed by atoms with Gasteiger partial charge in [-0.1, -0.05) is 18.2 Å². The van der Waals surface area contributed by atoms with E-state index in [1.54, 1.807) is 24.4 Å². The summed E-state index contributed by atoms with van der Waals surface area (Å²) in [5, 5.41) is 0. The zero-order chi connectivity index (χ0) is 21.3. The van der Waals surface area contributed by atoms with E-state index in [-0.39, 0.29) is 31.0 Å². The lowest BCUT2D eigenvalue weighted by atomic mass is 10.1. The highest BCUT2D eigenvalue weighted by atomic mass is 16.5. The summed E-state index contributed by atoms with van der Waals surface area (Å²) in [6, 6.07) is 12.1. The van der Waals surface area contributed by atoms with E-state index >= 15 is 0 Å². The summed E-state index contributed by atoms with van der Waals surface area (Å²) < 4.78 is 12.1. The van der Waals surface area contributed by atoms with Crippen LogP contribution in [0.25, 0.3) is 5.65 Å². The first-order valence-electron chi connectivity index (χ1n) is 9.56. The van der Waals surface area contributed by atoms with E-state index in [1.165, 1.54) is 22.5 Å². The van der Waals surface area contributed by atoms with Gasteiger partial charge in [-0.3, -0.25) is 18.8 Å². The van der Waals surface area contributed by atoms with Crippen molar-refractivity contribution < 1.29 is 19.1 Å². The van der Waals surface area contributed by atoms with Crippen LogP contribution in [0.2, 0.25) is 0 Å². The molecule has 1 aromatic carbocycles. The summed E-state index contributed by atoms with van der Waals surface area (Å²) >= 11 is 0. The van der Waals surface area contributed by atoms with Crippen LogP contribution in [0.1, 0.15) is 17.7 Å². The standard InChI is InChI=1S/C22H21N3O5/c1-14-6-5-9-24-20(27)11-16(23-21(14)24)13-30-22(28)15-10-19(26)25(12-15)17-7-3-4-8-18(17)29-2/h3-9,11,15H,10,12-13H2,1-2H3/t15-/m0/s1. The highest BCUT2D eigenvalue weighted by Crippen LogP contribution is 2.33. The number of methoxy groups -OCH3 is 1. The van der Waals surface area contributed by atoms with Crippen molar-refractivity contribution in [3.8, 4) is 5.75 Å². The van der Waals surface area contributed by atoms with Crippen LogP contribution in [0.15, 0.2) is 53.5 Å². The van der Waals surface area contributed by atoms with Crippen molar-refractivity contribution in [3.63, 3.8) is 0 Å². The van der Waals surface area contributed by atoms with Gasteiger partial charge in [-0.2, -0.15) is 0 Å². The molecule has 1 fully saturated rings. The van der Waals surface area contributed by atoms with Crippen LogP contribution in [0, 0.1) is 12.8 Å². The normalized spacial score (nSPS) is 16.1. The largest absolute Gasteiger partial charge is 0.495 e. The van der Waals surface area contributed by atoms with Gasteiger partial charge in [0.2, 0.25) is 5.91 Å². The van der Waals surface area contributed by atoms with Crippen molar-refractivity contribution in [2.24, 2.45) is 5.92 Å². The van der Waals surface area contributed by atoms with Crippen LogP contribution in [-0.2, 0) is 20.9 Å². The van der Waals surface area contributed by atoms with Gasteiger partial charge in [0.25, 0.3) is 5.56 Å². The number of esters is 1. The van der Waals surface area contributed by atoms with Gasteiger partial charge in [0.15, 0.2) is 0 Å². The number of anilines is 1. The third-order valence-electron chi connectivity index (χ3n) is 5.14. The molecule has 1 amide bonds. The van der Waals surface area contributed by atoms with Gasteiger partial charge in [-0.15, -0.1) is 0 Å². The molecule has 0 radical (unpaired) electrons. The molecule has 8 nitrogen and oxygen atoms in total. The predicted octanol–water partition coefficient (Wildman–Crippen LogP) is 2.11. The van der Waals surface area contributed by atoms with Gasteiger partial charge in [0.05, 0.1) is 24.4 Å². The average Bonchev–Trinajstić information content (AvgIpc) is 3.14. The van der Waals surface area contributed by atoms with Crippen LogP contribution in [0.4, 0.5) is 5.69 Å². The number of benzene rings is 1. The van der Waals surface area contributed by atoms with Crippen molar-refractivity contribution >= 4 is 23.2 Å². The molecule has 0 saturated carbocycles. The minimum absolute atomic E-state index is 0.0593. The molecular formula is C22H21N3O5. The molecule has 3 heterocycles. The number of amides is 1. The van der Waals surface area contributed by atoms with Crippen LogP contribution < -0.4 is 15.2 Å². The van der Waals surface area contributed by atoms with Crippen molar-refractivity contribution in [2.45, 2.75) is 20.0 Å². The Hall–Kier alpha value is -3.68. The SMILES string of the molecule is COc1ccccc1N1C[C@@H](C(=O)OCc2cc(=O)n3cccc(C)c3n2)CC1=O. The summed E-state index contributed by atoms with van der Waals surface area (Å²) in [5.74, 6) is -0.687. The van der Waals surface area contributed by atoms with Crippen molar-refractivity contribution in [1.82, 2.24) is 9.38 Å². The number of aromatic nitrogens is 2. The predicted molar refractivity (Wildman–Crippen MR) is 109 cm³/mol. The molecule has 4 rings (SSSR count). The number of aryl methyl sites for hydroxylation is 1. The highest BCUT2D eigenvalue weighted by Gasteiger charge is 2.37. The van der Waals surface area contributed by atoms with Crippen LogP contribution in [0.3, 0.4) is 0 Å². The molecule has 3 aromatic rings. The number of ether oxygens (including phenoxy) is 2. The molecule has 0 aliphatic carbocycles. The van der Waals surface area contributed by atoms with Gasteiger partial charge in [-0.05, 0) is 30.7 Å². The molecule has 0 N–H and O–H groups in total. The van der Waals surface area contributed by atoms with E-state index in [9.17, 15) is 14.4 Å². The summed E-state index contributed by atoms with van der Waals surface area (Å²) in [6.07, 6.45) is 1.70. The Labute approximate surface area is 172 Å². The molecule has 0 bridgehead atoms. The second-order valence-electron chi connectivity index (χ2n) is 7.16. The maximum Gasteiger partial charge on any atom is 0.311 e. The number of carbonyl (C=O) groups is 2. The number of nitrogens with zero attached hydrogens (tertiary/aromatic N) is 3. The van der Waals surface area contributed by atoms with Gasteiger partial charge < -0.3 is 14.4 Å². The van der Waals surface area contributed by atoms with Crippen LogP contribution in [-0.4, -0.2) is 34.9 Å². The Balaban J connectivity index is 1.46. The van der Waals surface area contributed by atoms with Gasteiger partial charge in [0, 0.05) is 25.2 Å². The summed E-state index contributed by atoms with van der Waals surface area (Å²) in [5.41, 5.74) is 2.12. The molecular weight excluding hydrogens is 386 g/mol. The summed E-state index contributed by atoms with van der Waals surface area (Å²) in [4.78, 5) is 43.3. The fourth-order valence-corrected chi connectivity index (χ4v) is 3.60. The number of carbonyl (C=O) groups excluding carboxylic acids is 2. The molecule has 30 heavy (non-hydrogen) atoms. The fraction of sp³-hybridized carbons (Fsp3) is 0.273. The zero-order valence-corrected chi connectivity index (χ0v) is 16.7. The lowest BCUT2D eigenvalue weighted by Gasteiger charge is -2.19. The number of fused-ring (bicyclic) bond motifs is 1. The molecule has 1 atom stereocenters. The first kappa shape index (κ1) is 19.6. The molecule has 8 heteroatoms. The number of hydrogen-bond acceptors (Lipinski definition) is 6. The minimum Gasteiger partial charge on any atom is -0.495 e. The number of para-hydroxylation sites is 2. The molecule has 1 aliphatic rings. The molecule has 1 aliphatic heterocycles. The monoisotopic (exact) mass is 407 g/mol. The van der Waals surface area contributed by atoms with E-state index in [2.05, 4.69) is 4.98 Å². The van der Waals surface area contributed by atoms with Crippen molar-refractivity contribution in [1.29, 1.82) is 0 Å². The fourth-order valence-electron chi connectivity index (χ4n) is 3.60. The topological polar surface area (TPSA) is 90.2 Å². The number of rotatable bonds is 5. The van der Waals surface area contributed by atoms with E-state index in [4.69, 9.17) is 9.47 Å². The average molecular weight is 407 g/mol. The van der Waals surface area contributed by atoms with Gasteiger partial charge >= 0.3 is 5.97 Å². The first-order chi connectivity index (χ1) is 14.5. The maximum atomic E-state index is 12.6. The minimum atomic E-state index is -0.592. The molecule has 154 valence electrons. The van der Waals surface area contributed by atoms with Gasteiger partial charge in [0.1, 0.15) is 18.0 Å². The Morgan fingerprint density at radius 2 is 2.00 bits per heavy atom. The smallest absolute Gasteiger partial charge is 0.311 e. The van der Waals surface area contributed by atoms with E-state index < -0.39 is 11.9 Å². The highest BCUT2D eigenvalue weighted by molar-refractivity contribution is 6.00. The third kappa shape index (κ3) is 3.63. The van der Waals surface area contributed by atoms with Crippen molar-refractivity contribution in [2.75, 3.05) is 18.6 Å². The molecule has 0 unspecified atom stereocenters. The quantitative estimate of drug-likeness (QED) is 0.602. The lowest BCUT2D eigenvalue weighted by molar-refractivity contribution is -0.149. The van der Waals surface area contributed by atoms with E-state index in [0.717, 1.165) is 5.56 Å². The lowest BCUT2D eigenvalue weighted by Crippen LogP contribution is -2.27. The van der Waals surface area contributed by atoms with Gasteiger partial charge in [-0.25, -0.2) is 4.98 Å². The molecule has 0 spiro atoms. The van der Waals surface area contributed by atoms with Crippen LogP contribution in [0.5, 0.6) is 5.75 Å². The Bertz CT molecular complexity index is 1190. The third-order valence-corrected chi connectivity index (χ3v) is 5.14. The number of pyridine rings is 1. The number of hydrogen-bond donors (Lipinski definition) is 0. The second-order valence-corrected chi connectivity index (χ2v) is 7.16. The maximum absolute atomic E-state index is 12.6.